The first-order valence-electron chi connectivity index (χ1n) is 11.0. The summed E-state index contributed by atoms with van der Waals surface area (Å²) in [5, 5.41) is 1.85. The minimum absolute atomic E-state index is 0.247. The molecule has 4 aromatic rings. The number of methoxy groups -OCH3 is 1. The lowest BCUT2D eigenvalue weighted by Crippen LogP contribution is -2.50. The maximum atomic E-state index is 13.1. The number of carbonyl (C=O) groups excluding carboxylic acids is 2. The second-order valence-corrected chi connectivity index (χ2v) is 8.48. The van der Waals surface area contributed by atoms with Gasteiger partial charge in [0.2, 0.25) is 0 Å². The number of rotatable bonds is 4. The van der Waals surface area contributed by atoms with Crippen LogP contribution >= 0.6 is 0 Å². The Bertz CT molecular complexity index is 1500. The van der Waals surface area contributed by atoms with Gasteiger partial charge in [-0.05, 0) is 43.2 Å². The highest BCUT2D eigenvalue weighted by atomic mass is 16.5. The lowest BCUT2D eigenvalue weighted by atomic mass is 9.96. The zero-order valence-corrected chi connectivity index (χ0v) is 19.1. The Morgan fingerprint density at radius 2 is 1.91 bits per heavy atom. The summed E-state index contributed by atoms with van der Waals surface area (Å²) < 4.78 is 16.1. The Balaban J connectivity index is 1.39. The maximum absolute atomic E-state index is 13.1. The molecule has 0 fully saturated rings. The van der Waals surface area contributed by atoms with Crippen LogP contribution in [0.3, 0.4) is 0 Å². The fourth-order valence-corrected chi connectivity index (χ4v) is 4.56. The van der Waals surface area contributed by atoms with Crippen molar-refractivity contribution in [3.8, 4) is 5.75 Å². The number of hydrogen-bond acceptors (Lipinski definition) is 6. The smallest absolute Gasteiger partial charge is 0.339 e. The molecule has 0 spiro atoms. The van der Waals surface area contributed by atoms with Crippen molar-refractivity contribution in [2.45, 2.75) is 32.9 Å². The molecular formula is C26H24N2O6. The number of nitrogens with zero attached hydrogens (tertiary/aromatic N) is 1. The molecule has 2 aromatic heterocycles. The van der Waals surface area contributed by atoms with E-state index in [2.05, 4.69) is 4.98 Å². The van der Waals surface area contributed by atoms with Gasteiger partial charge < -0.3 is 23.8 Å². The highest BCUT2D eigenvalue weighted by Gasteiger charge is 2.37. The van der Waals surface area contributed by atoms with Gasteiger partial charge in [-0.1, -0.05) is 18.2 Å². The maximum Gasteiger partial charge on any atom is 0.339 e. The van der Waals surface area contributed by atoms with Crippen molar-refractivity contribution in [2.24, 2.45) is 0 Å². The largest absolute Gasteiger partial charge is 0.484 e. The van der Waals surface area contributed by atoms with Gasteiger partial charge in [0.15, 0.2) is 6.61 Å². The lowest BCUT2D eigenvalue weighted by molar-refractivity contribution is -0.154. The average Bonchev–Trinajstić information content (AvgIpc) is 3.22. The van der Waals surface area contributed by atoms with Crippen LogP contribution in [0.15, 0.2) is 51.7 Å². The SMILES string of the molecule is COC(=O)[C@@H]1Cc2c([nH]c3ccccc23)CN1C(=O)COc1ccc2c(C)c(C)c(=O)oc2c1. The molecule has 0 bridgehead atoms. The number of fused-ring (bicyclic) bond motifs is 4. The third-order valence-corrected chi connectivity index (χ3v) is 6.59. The van der Waals surface area contributed by atoms with Gasteiger partial charge in [-0.3, -0.25) is 4.79 Å². The molecule has 1 N–H and O–H groups in total. The fraction of sp³-hybridized carbons (Fsp3) is 0.269. The van der Waals surface area contributed by atoms with Gasteiger partial charge in [-0.2, -0.15) is 0 Å². The fourth-order valence-electron chi connectivity index (χ4n) is 4.56. The molecule has 174 valence electrons. The number of benzene rings is 2. The van der Waals surface area contributed by atoms with Crippen molar-refractivity contribution in [3.63, 3.8) is 0 Å². The first-order valence-corrected chi connectivity index (χ1v) is 11.0. The zero-order chi connectivity index (χ0) is 24.0. The quantitative estimate of drug-likeness (QED) is 0.370. The number of H-pyrrole nitrogens is 1. The molecule has 3 heterocycles. The first kappa shape index (κ1) is 21.8. The number of aromatic amines is 1. The Morgan fingerprint density at radius 3 is 2.71 bits per heavy atom. The Kier molecular flexibility index (Phi) is 5.36. The molecule has 34 heavy (non-hydrogen) atoms. The molecule has 0 unspecified atom stereocenters. The summed E-state index contributed by atoms with van der Waals surface area (Å²) in [6, 6.07) is 12.2. The minimum atomic E-state index is -0.743. The molecule has 1 aliphatic rings. The van der Waals surface area contributed by atoms with Crippen molar-refractivity contribution >= 4 is 33.7 Å². The van der Waals surface area contributed by atoms with E-state index in [4.69, 9.17) is 13.9 Å². The van der Waals surface area contributed by atoms with E-state index in [9.17, 15) is 14.4 Å². The van der Waals surface area contributed by atoms with Crippen LogP contribution in [0.2, 0.25) is 0 Å². The number of hydrogen-bond donors (Lipinski definition) is 1. The number of ether oxygens (including phenoxy) is 2. The highest BCUT2D eigenvalue weighted by Crippen LogP contribution is 2.31. The van der Waals surface area contributed by atoms with Gasteiger partial charge in [0.25, 0.3) is 5.91 Å². The predicted octanol–water partition coefficient (Wildman–Crippen LogP) is 3.40. The normalized spacial score (nSPS) is 15.4. The van der Waals surface area contributed by atoms with Crippen molar-refractivity contribution < 1.29 is 23.5 Å². The van der Waals surface area contributed by atoms with Crippen molar-refractivity contribution in [2.75, 3.05) is 13.7 Å². The third-order valence-electron chi connectivity index (χ3n) is 6.59. The summed E-state index contributed by atoms with van der Waals surface area (Å²) in [5.41, 5.74) is 4.28. The summed E-state index contributed by atoms with van der Waals surface area (Å²) in [7, 11) is 1.32. The number of amides is 1. The molecular weight excluding hydrogens is 436 g/mol. The molecule has 5 rings (SSSR count). The van der Waals surface area contributed by atoms with Gasteiger partial charge in [-0.15, -0.1) is 0 Å². The van der Waals surface area contributed by atoms with Crippen molar-refractivity contribution in [1.82, 2.24) is 9.88 Å². The molecule has 0 saturated carbocycles. The van der Waals surface area contributed by atoms with E-state index >= 15 is 0 Å². The van der Waals surface area contributed by atoms with Crippen LogP contribution in [0.1, 0.15) is 22.4 Å². The van der Waals surface area contributed by atoms with E-state index in [1.165, 1.54) is 12.0 Å². The first-order chi connectivity index (χ1) is 16.4. The van der Waals surface area contributed by atoms with Gasteiger partial charge >= 0.3 is 11.6 Å². The van der Waals surface area contributed by atoms with Crippen LogP contribution in [0.5, 0.6) is 5.75 Å². The summed E-state index contributed by atoms with van der Waals surface area (Å²) in [4.78, 5) is 42.6. The monoisotopic (exact) mass is 460 g/mol. The van der Waals surface area contributed by atoms with E-state index < -0.39 is 17.6 Å². The molecule has 0 radical (unpaired) electrons. The van der Waals surface area contributed by atoms with E-state index in [0.717, 1.165) is 33.1 Å². The Labute approximate surface area is 195 Å². The standard InChI is InChI=1S/C26H24N2O6/c1-14-15(2)25(30)34-23-10-16(8-9-17(14)23)33-13-24(29)28-12-21-19(11-22(28)26(31)32-3)18-6-4-5-7-20(18)27-21/h4-10,22,27H,11-13H2,1-3H3/t22-/m0/s1. The van der Waals surface area contributed by atoms with Crippen LogP contribution in [-0.4, -0.2) is 41.5 Å². The van der Waals surface area contributed by atoms with Gasteiger partial charge in [0, 0.05) is 40.0 Å². The van der Waals surface area contributed by atoms with Crippen molar-refractivity contribution in [1.29, 1.82) is 0 Å². The third kappa shape index (κ3) is 3.61. The molecule has 1 atom stereocenters. The molecule has 0 saturated heterocycles. The minimum Gasteiger partial charge on any atom is -0.484 e. The predicted molar refractivity (Wildman–Crippen MR) is 126 cm³/mol. The number of para-hydroxylation sites is 1. The lowest BCUT2D eigenvalue weighted by Gasteiger charge is -2.33. The second-order valence-electron chi connectivity index (χ2n) is 8.48. The number of aryl methyl sites for hydroxylation is 1. The Hall–Kier alpha value is -4.07. The van der Waals surface area contributed by atoms with E-state index in [0.29, 0.717) is 23.3 Å². The second kappa shape index (κ2) is 8.37. The van der Waals surface area contributed by atoms with Crippen molar-refractivity contribution in [3.05, 3.63) is 75.3 Å². The molecule has 8 heteroatoms. The molecule has 1 amide bonds. The van der Waals surface area contributed by atoms with Crippen LogP contribution in [0.25, 0.3) is 21.9 Å². The summed E-state index contributed by atoms with van der Waals surface area (Å²) in [6.45, 7) is 3.56. The van der Waals surface area contributed by atoms with E-state index in [-0.39, 0.29) is 19.1 Å². The van der Waals surface area contributed by atoms with Crippen LogP contribution in [0.4, 0.5) is 0 Å². The Morgan fingerprint density at radius 1 is 1.12 bits per heavy atom. The summed E-state index contributed by atoms with van der Waals surface area (Å²) in [6.07, 6.45) is 0.359. The van der Waals surface area contributed by atoms with Crippen LogP contribution in [-0.2, 0) is 27.3 Å². The highest BCUT2D eigenvalue weighted by molar-refractivity contribution is 5.90. The molecule has 1 aliphatic heterocycles. The number of carbonyl (C=O) groups is 2. The summed E-state index contributed by atoms with van der Waals surface area (Å²) in [5.74, 6) is -0.422. The number of esters is 1. The van der Waals surface area contributed by atoms with Crippen LogP contribution < -0.4 is 10.4 Å². The average molecular weight is 460 g/mol. The van der Waals surface area contributed by atoms with Crippen LogP contribution in [0, 0.1) is 13.8 Å². The molecule has 0 aliphatic carbocycles. The number of aromatic nitrogens is 1. The van der Waals surface area contributed by atoms with E-state index in [1.54, 1.807) is 25.1 Å². The topological polar surface area (TPSA) is 102 Å². The van der Waals surface area contributed by atoms with E-state index in [1.807, 2.05) is 31.2 Å². The van der Waals surface area contributed by atoms with Gasteiger partial charge in [-0.25, -0.2) is 9.59 Å². The number of nitrogens with one attached hydrogen (secondary N) is 1. The molecule has 8 nitrogen and oxygen atoms in total. The van der Waals surface area contributed by atoms with Gasteiger partial charge in [0.05, 0.1) is 13.7 Å². The zero-order valence-electron chi connectivity index (χ0n) is 19.1. The molecule has 2 aromatic carbocycles. The summed E-state index contributed by atoms with van der Waals surface area (Å²) >= 11 is 0. The van der Waals surface area contributed by atoms with Gasteiger partial charge in [0.1, 0.15) is 17.4 Å².